The van der Waals surface area contributed by atoms with Gasteiger partial charge >= 0.3 is 0 Å². The molecule has 1 saturated heterocycles. The lowest BCUT2D eigenvalue weighted by Crippen LogP contribution is -2.39. The third-order valence-electron chi connectivity index (χ3n) is 3.50. The number of morpholine rings is 1. The Hall–Kier alpha value is -1.41. The summed E-state index contributed by atoms with van der Waals surface area (Å²) in [5, 5.41) is 11.3. The van der Waals surface area contributed by atoms with Gasteiger partial charge in [-0.3, -0.25) is 4.90 Å². The van der Waals surface area contributed by atoms with Crippen LogP contribution >= 0.6 is 24.0 Å². The lowest BCUT2D eigenvalue weighted by Gasteiger charge is -2.26. The van der Waals surface area contributed by atoms with E-state index < -0.39 is 5.82 Å². The summed E-state index contributed by atoms with van der Waals surface area (Å²) in [7, 11) is 0. The molecule has 1 aliphatic rings. The first kappa shape index (κ1) is 17.9. The highest BCUT2D eigenvalue weighted by atomic mass is 35.5. The molecule has 2 aromatic rings. The monoisotopic (exact) mass is 361 g/mol. The lowest BCUT2D eigenvalue weighted by atomic mass is 10.3. The smallest absolute Gasteiger partial charge is 0.169 e. The Morgan fingerprint density at radius 2 is 2.09 bits per heavy atom. The molecular weight excluding hydrogens is 344 g/mol. The highest BCUT2D eigenvalue weighted by Gasteiger charge is 2.10. The number of anilines is 1. The third-order valence-corrected chi connectivity index (χ3v) is 3.79. The molecule has 1 aromatic heterocycles. The molecule has 2 heterocycles. The topological polar surface area (TPSA) is 55.2 Å². The van der Waals surface area contributed by atoms with Gasteiger partial charge in [-0.1, -0.05) is 16.8 Å². The van der Waals surface area contributed by atoms with Gasteiger partial charge in [-0.2, -0.15) is 0 Å². The van der Waals surface area contributed by atoms with Crippen molar-refractivity contribution in [3.63, 3.8) is 0 Å². The maximum Gasteiger partial charge on any atom is 0.169 e. The Balaban J connectivity index is 0.00000192. The minimum atomic E-state index is -0.450. The van der Waals surface area contributed by atoms with Gasteiger partial charge in [-0.15, -0.1) is 17.5 Å². The van der Waals surface area contributed by atoms with Crippen molar-refractivity contribution >= 4 is 29.8 Å². The van der Waals surface area contributed by atoms with Crippen molar-refractivity contribution in [1.29, 1.82) is 0 Å². The number of halogens is 3. The number of rotatable bonds is 5. The highest BCUT2D eigenvalue weighted by Crippen LogP contribution is 2.18. The zero-order chi connectivity index (χ0) is 15.4. The van der Waals surface area contributed by atoms with Crippen LogP contribution in [-0.4, -0.2) is 59.3 Å². The summed E-state index contributed by atoms with van der Waals surface area (Å²) < 4.78 is 20.0. The van der Waals surface area contributed by atoms with Gasteiger partial charge in [-0.05, 0) is 18.2 Å². The first-order valence-corrected chi connectivity index (χ1v) is 7.52. The van der Waals surface area contributed by atoms with Crippen molar-refractivity contribution in [1.82, 2.24) is 19.9 Å². The molecule has 0 spiro atoms. The number of ether oxygens (including phenoxy) is 1. The molecule has 1 N–H and O–H groups in total. The zero-order valence-electron chi connectivity index (χ0n) is 12.4. The summed E-state index contributed by atoms with van der Waals surface area (Å²) in [4.78, 5) is 2.33. The van der Waals surface area contributed by atoms with Crippen LogP contribution in [0.25, 0.3) is 5.69 Å². The second kappa shape index (κ2) is 8.44. The van der Waals surface area contributed by atoms with Crippen LogP contribution in [0, 0.1) is 5.82 Å². The fourth-order valence-corrected chi connectivity index (χ4v) is 2.44. The number of aromatic nitrogens is 3. The van der Waals surface area contributed by atoms with Crippen LogP contribution in [0.15, 0.2) is 24.4 Å². The molecule has 3 rings (SSSR count). The van der Waals surface area contributed by atoms with Crippen LogP contribution in [0.2, 0.25) is 5.02 Å². The van der Waals surface area contributed by atoms with Crippen LogP contribution in [0.4, 0.5) is 10.2 Å². The molecule has 6 nitrogen and oxygen atoms in total. The molecule has 1 fully saturated rings. The van der Waals surface area contributed by atoms with Crippen molar-refractivity contribution in [3.05, 3.63) is 35.2 Å². The molecule has 126 valence electrons. The normalized spacial score (nSPS) is 15.2. The average Bonchev–Trinajstić information content (AvgIpc) is 3.00. The Bertz CT molecular complexity index is 633. The van der Waals surface area contributed by atoms with E-state index in [1.54, 1.807) is 16.9 Å². The molecule has 1 aromatic carbocycles. The largest absolute Gasteiger partial charge is 0.379 e. The Morgan fingerprint density at radius 3 is 2.83 bits per heavy atom. The number of nitrogens with one attached hydrogen (secondary N) is 1. The van der Waals surface area contributed by atoms with Crippen LogP contribution in [0.1, 0.15) is 0 Å². The number of nitrogens with zero attached hydrogens (tertiary/aromatic N) is 4. The van der Waals surface area contributed by atoms with Gasteiger partial charge < -0.3 is 10.1 Å². The summed E-state index contributed by atoms with van der Waals surface area (Å²) in [6.45, 7) is 5.22. The fourth-order valence-electron chi connectivity index (χ4n) is 2.27. The highest BCUT2D eigenvalue weighted by molar-refractivity contribution is 6.30. The van der Waals surface area contributed by atoms with E-state index in [-0.39, 0.29) is 17.4 Å². The van der Waals surface area contributed by atoms with E-state index >= 15 is 0 Å². The first-order valence-electron chi connectivity index (χ1n) is 7.14. The van der Waals surface area contributed by atoms with E-state index in [0.29, 0.717) is 11.5 Å². The maximum absolute atomic E-state index is 13.2. The standard InChI is InChI=1S/C14H17ClFN5O.ClH/c15-12-9-11(1-2-13(12)16)21-10-14(18-19-21)17-3-4-20-5-7-22-8-6-20;/h1-2,9-10,17H,3-8H2;1H. The van der Waals surface area contributed by atoms with Crippen molar-refractivity contribution in [2.75, 3.05) is 44.7 Å². The van der Waals surface area contributed by atoms with Gasteiger partial charge in [0, 0.05) is 26.2 Å². The Morgan fingerprint density at radius 1 is 1.30 bits per heavy atom. The maximum atomic E-state index is 13.2. The lowest BCUT2D eigenvalue weighted by molar-refractivity contribution is 0.0398. The molecule has 23 heavy (non-hydrogen) atoms. The predicted octanol–water partition coefficient (Wildman–Crippen LogP) is 2.23. The van der Waals surface area contributed by atoms with Crippen molar-refractivity contribution < 1.29 is 9.13 Å². The SMILES string of the molecule is Cl.Fc1ccc(-n2cc(NCCN3CCOCC3)nn2)cc1Cl. The second-order valence-electron chi connectivity index (χ2n) is 5.03. The third kappa shape index (κ3) is 4.78. The first-order chi connectivity index (χ1) is 10.7. The molecule has 0 bridgehead atoms. The molecule has 9 heteroatoms. The van der Waals surface area contributed by atoms with Crippen molar-refractivity contribution in [3.8, 4) is 5.69 Å². The molecule has 0 radical (unpaired) electrons. The van der Waals surface area contributed by atoms with Crippen LogP contribution in [-0.2, 0) is 4.74 Å². The van der Waals surface area contributed by atoms with Crippen LogP contribution in [0.3, 0.4) is 0 Å². The van der Waals surface area contributed by atoms with E-state index in [9.17, 15) is 4.39 Å². The van der Waals surface area contributed by atoms with Crippen LogP contribution in [0.5, 0.6) is 0 Å². The van der Waals surface area contributed by atoms with E-state index in [4.69, 9.17) is 16.3 Å². The Kier molecular flexibility index (Phi) is 6.59. The number of benzene rings is 1. The molecule has 1 aliphatic heterocycles. The van der Waals surface area contributed by atoms with E-state index in [1.807, 2.05) is 0 Å². The predicted molar refractivity (Wildman–Crippen MR) is 89.3 cm³/mol. The van der Waals surface area contributed by atoms with Crippen molar-refractivity contribution in [2.45, 2.75) is 0 Å². The summed E-state index contributed by atoms with van der Waals surface area (Å²) in [5.41, 5.74) is 0.667. The average molecular weight is 362 g/mol. The van der Waals surface area contributed by atoms with E-state index in [2.05, 4.69) is 20.5 Å². The Labute approximate surface area is 145 Å². The van der Waals surface area contributed by atoms with Gasteiger partial charge in [-0.25, -0.2) is 9.07 Å². The molecule has 0 atom stereocenters. The minimum Gasteiger partial charge on any atom is -0.379 e. The number of hydrogen-bond donors (Lipinski definition) is 1. The van der Waals surface area contributed by atoms with E-state index in [0.717, 1.165) is 39.4 Å². The summed E-state index contributed by atoms with van der Waals surface area (Å²) in [5.74, 6) is 0.225. The molecule has 0 unspecified atom stereocenters. The van der Waals surface area contributed by atoms with Gasteiger partial charge in [0.25, 0.3) is 0 Å². The van der Waals surface area contributed by atoms with Crippen LogP contribution < -0.4 is 5.32 Å². The van der Waals surface area contributed by atoms with Crippen molar-refractivity contribution in [2.24, 2.45) is 0 Å². The van der Waals surface area contributed by atoms with Gasteiger partial charge in [0.15, 0.2) is 5.82 Å². The summed E-state index contributed by atoms with van der Waals surface area (Å²) in [6.07, 6.45) is 1.75. The number of hydrogen-bond acceptors (Lipinski definition) is 5. The molecule has 0 amide bonds. The molecule has 0 aliphatic carbocycles. The van der Waals surface area contributed by atoms with Gasteiger partial charge in [0.1, 0.15) is 5.82 Å². The second-order valence-corrected chi connectivity index (χ2v) is 5.43. The van der Waals surface area contributed by atoms with Gasteiger partial charge in [0.05, 0.1) is 30.1 Å². The summed E-state index contributed by atoms with van der Waals surface area (Å²) >= 11 is 5.77. The van der Waals surface area contributed by atoms with Gasteiger partial charge in [0.2, 0.25) is 0 Å². The van der Waals surface area contributed by atoms with E-state index in [1.165, 1.54) is 12.1 Å². The minimum absolute atomic E-state index is 0. The molecular formula is C14H18Cl2FN5O. The molecule has 0 saturated carbocycles. The zero-order valence-corrected chi connectivity index (χ0v) is 14.0. The summed E-state index contributed by atoms with van der Waals surface area (Å²) in [6, 6.07) is 4.43. The fraction of sp³-hybridized carbons (Fsp3) is 0.429. The quantitative estimate of drug-likeness (QED) is 0.884.